The Kier molecular flexibility index (Phi) is 5.18. The number of rotatable bonds is 5. The Morgan fingerprint density at radius 3 is 2.37 bits per heavy atom. The molecular formula is C19H22F3N5O3. The van der Waals surface area contributed by atoms with Crippen LogP contribution in [0.15, 0.2) is 30.5 Å². The van der Waals surface area contributed by atoms with E-state index >= 15 is 0 Å². The van der Waals surface area contributed by atoms with Gasteiger partial charge in [-0.3, -0.25) is 14.4 Å². The van der Waals surface area contributed by atoms with Crippen molar-refractivity contribution in [2.45, 2.75) is 31.8 Å². The SMILES string of the molecule is C[C@]1(CN2CCN(Cc3ccc(C(F)(F)F)cc3)CC2)Cn2cc([N+](=O)[O-])nc2O1. The number of ether oxygens (including phenoxy) is 1. The minimum Gasteiger partial charge on any atom is -0.436 e. The molecule has 2 aromatic rings. The standard InChI is InChI=1S/C19H22F3N5O3/c1-18(13-26-11-16(27(28)29)23-17(26)30-18)12-25-8-6-24(7-9-25)10-14-2-4-15(5-3-14)19(20,21)22/h2-5,11H,6-10,12-13H2,1H3/t18-/m0/s1. The van der Waals surface area contributed by atoms with E-state index in [-0.39, 0.29) is 11.8 Å². The number of hydrogen-bond donors (Lipinski definition) is 0. The molecule has 2 aliphatic heterocycles. The van der Waals surface area contributed by atoms with Gasteiger partial charge in [-0.05, 0) is 29.5 Å². The van der Waals surface area contributed by atoms with Crippen molar-refractivity contribution in [1.29, 1.82) is 0 Å². The fourth-order valence-electron chi connectivity index (χ4n) is 4.00. The number of nitro groups is 1. The molecule has 11 heteroatoms. The summed E-state index contributed by atoms with van der Waals surface area (Å²) in [5, 5.41) is 10.8. The van der Waals surface area contributed by atoms with Crippen molar-refractivity contribution in [2.75, 3.05) is 32.7 Å². The maximum absolute atomic E-state index is 12.7. The first-order valence-corrected chi connectivity index (χ1v) is 9.63. The number of fused-ring (bicyclic) bond motifs is 1. The highest BCUT2D eigenvalue weighted by Gasteiger charge is 2.41. The minimum atomic E-state index is -4.32. The molecule has 0 unspecified atom stereocenters. The van der Waals surface area contributed by atoms with Gasteiger partial charge in [-0.25, -0.2) is 0 Å². The van der Waals surface area contributed by atoms with Gasteiger partial charge < -0.3 is 14.9 Å². The number of aromatic nitrogens is 2. The number of imidazole rings is 1. The lowest BCUT2D eigenvalue weighted by molar-refractivity contribution is -0.389. The number of nitrogens with zero attached hydrogens (tertiary/aromatic N) is 5. The number of piperazine rings is 1. The largest absolute Gasteiger partial charge is 0.436 e. The number of alkyl halides is 3. The summed E-state index contributed by atoms with van der Waals surface area (Å²) in [5.74, 6) is -0.219. The summed E-state index contributed by atoms with van der Waals surface area (Å²) in [7, 11) is 0. The average molecular weight is 425 g/mol. The molecule has 0 spiro atoms. The van der Waals surface area contributed by atoms with Crippen molar-refractivity contribution in [3.63, 3.8) is 0 Å². The topological polar surface area (TPSA) is 76.7 Å². The summed E-state index contributed by atoms with van der Waals surface area (Å²) in [5.41, 5.74) is -0.284. The maximum atomic E-state index is 12.7. The molecule has 0 amide bonds. The van der Waals surface area contributed by atoms with Crippen LogP contribution in [0.3, 0.4) is 0 Å². The van der Waals surface area contributed by atoms with E-state index in [1.807, 2.05) is 6.92 Å². The van der Waals surface area contributed by atoms with E-state index in [4.69, 9.17) is 4.74 Å². The van der Waals surface area contributed by atoms with E-state index < -0.39 is 22.3 Å². The zero-order chi connectivity index (χ0) is 21.5. The molecule has 3 heterocycles. The predicted molar refractivity (Wildman–Crippen MR) is 101 cm³/mol. The summed E-state index contributed by atoms with van der Waals surface area (Å²) in [6.45, 7) is 6.94. The van der Waals surface area contributed by atoms with E-state index in [0.717, 1.165) is 43.9 Å². The summed E-state index contributed by atoms with van der Waals surface area (Å²) >= 11 is 0. The molecule has 0 radical (unpaired) electrons. The van der Waals surface area contributed by atoms with Gasteiger partial charge in [0.2, 0.25) is 0 Å². The number of halogens is 3. The Bertz CT molecular complexity index is 897. The summed E-state index contributed by atoms with van der Waals surface area (Å²) in [6.07, 6.45) is -2.92. The van der Waals surface area contributed by atoms with E-state index in [1.54, 1.807) is 4.57 Å². The first-order chi connectivity index (χ1) is 14.1. The maximum Gasteiger partial charge on any atom is 0.416 e. The molecule has 0 aliphatic carbocycles. The second-order valence-corrected chi connectivity index (χ2v) is 8.07. The molecule has 1 saturated heterocycles. The monoisotopic (exact) mass is 425 g/mol. The molecule has 1 fully saturated rings. The van der Waals surface area contributed by atoms with Crippen LogP contribution in [0.1, 0.15) is 18.1 Å². The second-order valence-electron chi connectivity index (χ2n) is 8.07. The lowest BCUT2D eigenvalue weighted by Gasteiger charge is -2.38. The number of hydrogen-bond acceptors (Lipinski definition) is 6. The Morgan fingerprint density at radius 2 is 1.80 bits per heavy atom. The number of benzene rings is 1. The molecular weight excluding hydrogens is 403 g/mol. The molecule has 4 rings (SSSR count). The molecule has 0 N–H and O–H groups in total. The van der Waals surface area contributed by atoms with Gasteiger partial charge in [-0.15, -0.1) is 0 Å². The van der Waals surface area contributed by atoms with Crippen LogP contribution in [0, 0.1) is 10.1 Å². The summed E-state index contributed by atoms with van der Waals surface area (Å²) in [6, 6.07) is 5.58. The fraction of sp³-hybridized carbons (Fsp3) is 0.526. The van der Waals surface area contributed by atoms with Gasteiger partial charge >= 0.3 is 18.0 Å². The van der Waals surface area contributed by atoms with E-state index in [2.05, 4.69) is 14.8 Å². The minimum absolute atomic E-state index is 0.219. The molecule has 1 aromatic heterocycles. The van der Waals surface area contributed by atoms with Crippen LogP contribution in [0.4, 0.5) is 19.0 Å². The molecule has 8 nitrogen and oxygen atoms in total. The first-order valence-electron chi connectivity index (χ1n) is 9.63. The van der Waals surface area contributed by atoms with Crippen LogP contribution in [0.25, 0.3) is 0 Å². The quantitative estimate of drug-likeness (QED) is 0.542. The molecule has 2 aliphatic rings. The van der Waals surface area contributed by atoms with E-state index in [1.165, 1.54) is 18.3 Å². The van der Waals surface area contributed by atoms with Crippen LogP contribution < -0.4 is 4.74 Å². The van der Waals surface area contributed by atoms with Crippen molar-refractivity contribution in [1.82, 2.24) is 19.4 Å². The van der Waals surface area contributed by atoms with Crippen LogP contribution >= 0.6 is 0 Å². The van der Waals surface area contributed by atoms with E-state index in [9.17, 15) is 23.3 Å². The predicted octanol–water partition coefficient (Wildman–Crippen LogP) is 2.78. The normalized spacial score (nSPS) is 22.7. The molecule has 162 valence electrons. The third kappa shape index (κ3) is 4.41. The second kappa shape index (κ2) is 7.55. The van der Waals surface area contributed by atoms with E-state index in [0.29, 0.717) is 19.6 Å². The lowest BCUT2D eigenvalue weighted by Crippen LogP contribution is -2.52. The molecule has 0 saturated carbocycles. The highest BCUT2D eigenvalue weighted by atomic mass is 19.4. The third-order valence-electron chi connectivity index (χ3n) is 5.47. The summed E-state index contributed by atoms with van der Waals surface area (Å²) in [4.78, 5) is 18.7. The highest BCUT2D eigenvalue weighted by molar-refractivity contribution is 5.25. The van der Waals surface area contributed by atoms with Gasteiger partial charge in [-0.1, -0.05) is 12.1 Å². The highest BCUT2D eigenvalue weighted by Crippen LogP contribution is 2.32. The van der Waals surface area contributed by atoms with Gasteiger partial charge in [0.25, 0.3) is 0 Å². The van der Waals surface area contributed by atoms with Crippen molar-refractivity contribution < 1.29 is 22.8 Å². The molecule has 30 heavy (non-hydrogen) atoms. The molecule has 0 bridgehead atoms. The van der Waals surface area contributed by atoms with Gasteiger partial charge in [-0.2, -0.15) is 13.2 Å². The van der Waals surface area contributed by atoms with Gasteiger partial charge in [0.05, 0.1) is 12.1 Å². The lowest BCUT2D eigenvalue weighted by atomic mass is 10.1. The first kappa shape index (κ1) is 20.6. The van der Waals surface area contributed by atoms with Crippen LogP contribution in [0.2, 0.25) is 0 Å². The van der Waals surface area contributed by atoms with Crippen molar-refractivity contribution >= 4 is 5.82 Å². The molecule has 1 aromatic carbocycles. The Balaban J connectivity index is 1.27. The smallest absolute Gasteiger partial charge is 0.416 e. The van der Waals surface area contributed by atoms with Crippen LogP contribution in [0.5, 0.6) is 6.01 Å². The zero-order valence-electron chi connectivity index (χ0n) is 16.4. The van der Waals surface area contributed by atoms with Crippen LogP contribution in [-0.2, 0) is 19.3 Å². The Morgan fingerprint density at radius 1 is 1.17 bits per heavy atom. The fourth-order valence-corrected chi connectivity index (χ4v) is 4.00. The van der Waals surface area contributed by atoms with Crippen molar-refractivity contribution in [3.8, 4) is 6.01 Å². The van der Waals surface area contributed by atoms with Crippen LogP contribution in [-0.4, -0.2) is 62.6 Å². The van der Waals surface area contributed by atoms with Crippen molar-refractivity contribution in [2.24, 2.45) is 0 Å². The van der Waals surface area contributed by atoms with Gasteiger partial charge in [0.1, 0.15) is 11.8 Å². The van der Waals surface area contributed by atoms with Gasteiger partial charge in [0.15, 0.2) is 0 Å². The van der Waals surface area contributed by atoms with Gasteiger partial charge in [0, 0.05) is 44.3 Å². The average Bonchev–Trinajstić information content (AvgIpc) is 3.18. The zero-order valence-corrected chi connectivity index (χ0v) is 16.4. The molecule has 1 atom stereocenters. The Labute approximate surface area is 171 Å². The van der Waals surface area contributed by atoms with Crippen molar-refractivity contribution in [3.05, 3.63) is 51.7 Å². The summed E-state index contributed by atoms with van der Waals surface area (Å²) < 4.78 is 45.6. The third-order valence-corrected chi connectivity index (χ3v) is 5.47. The Hall–Kier alpha value is -2.66.